The molecule has 1 amide bonds. The molecule has 32 heavy (non-hydrogen) atoms. The van der Waals surface area contributed by atoms with Crippen LogP contribution in [-0.2, 0) is 15.6 Å². The first-order valence-corrected chi connectivity index (χ1v) is 11.4. The van der Waals surface area contributed by atoms with E-state index in [-0.39, 0.29) is 23.7 Å². The summed E-state index contributed by atoms with van der Waals surface area (Å²) in [6.07, 6.45) is 1.46. The number of hydrogen-bond acceptors (Lipinski definition) is 7. The molecule has 3 N–H and O–H groups in total. The topological polar surface area (TPSA) is 129 Å². The second kappa shape index (κ2) is 8.27. The fourth-order valence-electron chi connectivity index (χ4n) is 3.17. The normalized spacial score (nSPS) is 11.9. The minimum atomic E-state index is -4.25. The molecule has 0 aliphatic carbocycles. The standard InChI is InChI=1S/C22H27N5O4S.H2/c1-13-10-14(2)19(15(3)11-13)31-21-16(12-27(25-21)22(4,5)6)20(28)26-32(29,30)18-9-7-8-17(23)24-18;/h7-12H,1-6H3,(H2,23,24)(H,26,28);1H. The van der Waals surface area contributed by atoms with Gasteiger partial charge in [-0.3, -0.25) is 9.48 Å². The highest BCUT2D eigenvalue weighted by atomic mass is 32.2. The van der Waals surface area contributed by atoms with Crippen LogP contribution in [0.2, 0.25) is 0 Å². The van der Waals surface area contributed by atoms with Gasteiger partial charge in [0.25, 0.3) is 21.8 Å². The Bertz CT molecular complexity index is 1270. The monoisotopic (exact) mass is 459 g/mol. The summed E-state index contributed by atoms with van der Waals surface area (Å²) in [6, 6.07) is 8.06. The number of nitrogens with one attached hydrogen (secondary N) is 1. The molecule has 10 heteroatoms. The number of amides is 1. The molecule has 0 aliphatic heterocycles. The van der Waals surface area contributed by atoms with Crippen molar-refractivity contribution in [1.82, 2.24) is 19.5 Å². The molecule has 9 nitrogen and oxygen atoms in total. The van der Waals surface area contributed by atoms with E-state index >= 15 is 0 Å². The van der Waals surface area contributed by atoms with Crippen LogP contribution in [0.4, 0.5) is 5.82 Å². The van der Waals surface area contributed by atoms with E-state index in [0.717, 1.165) is 16.7 Å². The van der Waals surface area contributed by atoms with Gasteiger partial charge in [-0.15, -0.1) is 5.10 Å². The van der Waals surface area contributed by atoms with Crippen molar-refractivity contribution in [2.24, 2.45) is 0 Å². The Morgan fingerprint density at radius 2 is 1.78 bits per heavy atom. The number of rotatable bonds is 5. The van der Waals surface area contributed by atoms with Crippen molar-refractivity contribution in [3.05, 3.63) is 58.8 Å². The third kappa shape index (κ3) is 4.91. The van der Waals surface area contributed by atoms with E-state index in [4.69, 9.17) is 10.5 Å². The minimum absolute atomic E-state index is 0. The van der Waals surface area contributed by atoms with Gasteiger partial charge in [-0.2, -0.15) is 8.42 Å². The highest BCUT2D eigenvalue weighted by Gasteiger charge is 2.28. The lowest BCUT2D eigenvalue weighted by Gasteiger charge is -2.18. The van der Waals surface area contributed by atoms with Crippen molar-refractivity contribution in [3.63, 3.8) is 0 Å². The molecule has 1 aromatic carbocycles. The second-order valence-corrected chi connectivity index (χ2v) is 10.3. The smallest absolute Gasteiger partial charge is 0.281 e. The van der Waals surface area contributed by atoms with Gasteiger partial charge in [-0.25, -0.2) is 9.71 Å². The number of hydrogen-bond donors (Lipinski definition) is 2. The molecule has 2 aromatic heterocycles. The molecule has 0 saturated carbocycles. The number of ether oxygens (including phenoxy) is 1. The van der Waals surface area contributed by atoms with Crippen molar-refractivity contribution >= 4 is 21.7 Å². The molecule has 0 saturated heterocycles. The van der Waals surface area contributed by atoms with E-state index in [1.807, 2.05) is 58.4 Å². The Kier molecular flexibility index (Phi) is 6.01. The molecule has 0 atom stereocenters. The van der Waals surface area contributed by atoms with E-state index < -0.39 is 21.5 Å². The van der Waals surface area contributed by atoms with Crippen molar-refractivity contribution in [2.75, 3.05) is 5.73 Å². The number of sulfonamides is 1. The molecule has 0 fully saturated rings. The Balaban J connectivity index is 0.00000385. The van der Waals surface area contributed by atoms with E-state index in [0.29, 0.717) is 5.75 Å². The summed E-state index contributed by atoms with van der Waals surface area (Å²) in [5.41, 5.74) is 7.90. The number of nitrogen functional groups attached to an aromatic ring is 1. The number of anilines is 1. The zero-order chi connectivity index (χ0) is 23.8. The molecule has 3 rings (SSSR count). The molecule has 0 unspecified atom stereocenters. The van der Waals surface area contributed by atoms with Crippen LogP contribution >= 0.6 is 0 Å². The van der Waals surface area contributed by atoms with Crippen LogP contribution in [0.1, 0.15) is 49.2 Å². The lowest BCUT2D eigenvalue weighted by atomic mass is 10.1. The number of nitrogens with zero attached hydrogens (tertiary/aromatic N) is 3. The maximum Gasteiger partial charge on any atom is 0.281 e. The number of nitrogens with two attached hydrogens (primary N) is 1. The van der Waals surface area contributed by atoms with E-state index in [1.165, 1.54) is 24.4 Å². The predicted octanol–water partition coefficient (Wildman–Crippen LogP) is 3.70. The third-order valence-corrected chi connectivity index (χ3v) is 5.90. The zero-order valence-electron chi connectivity index (χ0n) is 18.9. The largest absolute Gasteiger partial charge is 0.436 e. The summed E-state index contributed by atoms with van der Waals surface area (Å²) in [6.45, 7) is 11.5. The first-order chi connectivity index (χ1) is 14.8. The average molecular weight is 460 g/mol. The highest BCUT2D eigenvalue weighted by molar-refractivity contribution is 7.90. The fraction of sp³-hybridized carbons (Fsp3) is 0.318. The van der Waals surface area contributed by atoms with E-state index in [9.17, 15) is 13.2 Å². The maximum atomic E-state index is 13.0. The predicted molar refractivity (Wildman–Crippen MR) is 123 cm³/mol. The van der Waals surface area contributed by atoms with Crippen molar-refractivity contribution in [3.8, 4) is 11.6 Å². The SMILES string of the molecule is Cc1cc(C)c(Oc2nn(C(C)(C)C)cc2C(=O)NS(=O)(=O)c2cccc(N)n2)c(C)c1.[HH]. The molecular formula is C22H29N5O4S. The van der Waals surface area contributed by atoms with Gasteiger partial charge in [0, 0.05) is 7.62 Å². The number of pyridine rings is 1. The van der Waals surface area contributed by atoms with E-state index in [2.05, 4.69) is 10.1 Å². The molecule has 172 valence electrons. The summed E-state index contributed by atoms with van der Waals surface area (Å²) >= 11 is 0. The lowest BCUT2D eigenvalue weighted by molar-refractivity contribution is 0.0979. The fourth-order valence-corrected chi connectivity index (χ4v) is 4.11. The second-order valence-electron chi connectivity index (χ2n) is 8.63. The van der Waals surface area contributed by atoms with Crippen LogP contribution in [0, 0.1) is 20.8 Å². The van der Waals surface area contributed by atoms with Gasteiger partial charge in [-0.05, 0) is 64.8 Å². The molecule has 0 aliphatic rings. The first kappa shape index (κ1) is 23.3. The summed E-state index contributed by atoms with van der Waals surface area (Å²) in [4.78, 5) is 16.8. The quantitative estimate of drug-likeness (QED) is 0.595. The number of aromatic nitrogens is 3. The number of benzene rings is 1. The molecule has 0 spiro atoms. The van der Waals surface area contributed by atoms with Crippen LogP contribution in [0.5, 0.6) is 11.6 Å². The Morgan fingerprint density at radius 1 is 1.16 bits per heavy atom. The maximum absolute atomic E-state index is 13.0. The van der Waals surface area contributed by atoms with Gasteiger partial charge >= 0.3 is 0 Å². The Labute approximate surface area is 189 Å². The van der Waals surface area contributed by atoms with Crippen LogP contribution in [0.3, 0.4) is 0 Å². The summed E-state index contributed by atoms with van der Waals surface area (Å²) in [7, 11) is -4.25. The summed E-state index contributed by atoms with van der Waals surface area (Å²) < 4.78 is 35.0. The summed E-state index contributed by atoms with van der Waals surface area (Å²) in [5, 5.41) is 4.06. The zero-order valence-corrected chi connectivity index (χ0v) is 19.7. The Hall–Kier alpha value is -3.40. The van der Waals surface area contributed by atoms with Crippen LogP contribution < -0.4 is 15.2 Å². The molecule has 0 radical (unpaired) electrons. The molecule has 3 aromatic rings. The minimum Gasteiger partial charge on any atom is -0.436 e. The van der Waals surface area contributed by atoms with E-state index in [1.54, 1.807) is 4.68 Å². The van der Waals surface area contributed by atoms with Crippen molar-refractivity contribution < 1.29 is 19.4 Å². The molecule has 2 heterocycles. The van der Waals surface area contributed by atoms with Crippen LogP contribution in [-0.4, -0.2) is 29.1 Å². The van der Waals surface area contributed by atoms with Gasteiger partial charge < -0.3 is 10.5 Å². The summed E-state index contributed by atoms with van der Waals surface area (Å²) in [5.74, 6) is -0.301. The van der Waals surface area contributed by atoms with Crippen LogP contribution in [0.15, 0.2) is 41.6 Å². The number of aryl methyl sites for hydroxylation is 3. The highest BCUT2D eigenvalue weighted by Crippen LogP contribution is 2.32. The van der Waals surface area contributed by atoms with Gasteiger partial charge in [0.2, 0.25) is 0 Å². The molecular weight excluding hydrogens is 430 g/mol. The van der Waals surface area contributed by atoms with Gasteiger partial charge in [0.1, 0.15) is 17.1 Å². The first-order valence-electron chi connectivity index (χ1n) is 9.93. The molecule has 0 bridgehead atoms. The van der Waals surface area contributed by atoms with Gasteiger partial charge in [0.05, 0.1) is 5.54 Å². The van der Waals surface area contributed by atoms with Gasteiger partial charge in [0.15, 0.2) is 5.03 Å². The Morgan fingerprint density at radius 3 is 2.34 bits per heavy atom. The lowest BCUT2D eigenvalue weighted by Crippen LogP contribution is -2.31. The van der Waals surface area contributed by atoms with Crippen LogP contribution in [0.25, 0.3) is 0 Å². The third-order valence-electron chi connectivity index (χ3n) is 4.66. The number of carbonyl (C=O) groups excluding carboxylic acids is 1. The number of carbonyl (C=O) groups is 1. The van der Waals surface area contributed by atoms with Gasteiger partial charge in [-0.1, -0.05) is 23.8 Å². The van der Waals surface area contributed by atoms with Crippen molar-refractivity contribution in [2.45, 2.75) is 52.1 Å². The average Bonchev–Trinajstić information content (AvgIpc) is 3.09. The van der Waals surface area contributed by atoms with Crippen molar-refractivity contribution in [1.29, 1.82) is 0 Å².